The third-order valence-corrected chi connectivity index (χ3v) is 4.54. The fourth-order valence-electron chi connectivity index (χ4n) is 2.02. The number of fused-ring (bicyclic) bond motifs is 1. The van der Waals surface area contributed by atoms with Crippen LogP contribution >= 0.6 is 27.3 Å². The molecule has 3 nitrogen and oxygen atoms in total. The molecule has 2 aromatic heterocycles. The Balaban J connectivity index is 1.93. The van der Waals surface area contributed by atoms with Crippen LogP contribution in [0.4, 0.5) is 5.69 Å². The highest BCUT2D eigenvalue weighted by molar-refractivity contribution is 9.11. The van der Waals surface area contributed by atoms with Crippen LogP contribution < -0.4 is 5.32 Å². The van der Waals surface area contributed by atoms with E-state index in [0.29, 0.717) is 5.69 Å². The zero-order valence-electron chi connectivity index (χ0n) is 10.2. The number of halogens is 1. The number of para-hydroxylation sites is 1. The average molecular weight is 335 g/mol. The molecule has 19 heavy (non-hydrogen) atoms. The lowest BCUT2D eigenvalue weighted by atomic mass is 10.3. The predicted octanol–water partition coefficient (Wildman–Crippen LogP) is 4.25. The van der Waals surface area contributed by atoms with Crippen molar-refractivity contribution in [3.05, 3.63) is 51.9 Å². The summed E-state index contributed by atoms with van der Waals surface area (Å²) in [5, 5.41) is 2.90. The van der Waals surface area contributed by atoms with E-state index in [9.17, 15) is 4.79 Å². The van der Waals surface area contributed by atoms with Gasteiger partial charge in [0, 0.05) is 12.7 Å². The van der Waals surface area contributed by atoms with Gasteiger partial charge in [-0.05, 0) is 40.2 Å². The molecular formula is C14H11BrN2OS. The van der Waals surface area contributed by atoms with Crippen LogP contribution in [0.3, 0.4) is 0 Å². The molecule has 0 aliphatic heterocycles. The van der Waals surface area contributed by atoms with Crippen LogP contribution in [0.2, 0.25) is 0 Å². The van der Waals surface area contributed by atoms with Gasteiger partial charge < -0.3 is 9.88 Å². The number of rotatable bonds is 2. The van der Waals surface area contributed by atoms with E-state index in [2.05, 4.69) is 21.2 Å². The Kier molecular flexibility index (Phi) is 3.16. The highest BCUT2D eigenvalue weighted by Crippen LogP contribution is 2.31. The Morgan fingerprint density at radius 1 is 1.26 bits per heavy atom. The summed E-state index contributed by atoms with van der Waals surface area (Å²) in [5.74, 6) is -0.0896. The maximum absolute atomic E-state index is 12.2. The Bertz CT molecular complexity index is 745. The molecule has 0 atom stereocenters. The minimum Gasteiger partial charge on any atom is -0.339 e. The normalized spacial score (nSPS) is 10.8. The first-order valence-corrected chi connectivity index (χ1v) is 7.37. The molecule has 3 aromatic rings. The van der Waals surface area contributed by atoms with E-state index in [1.807, 2.05) is 54.1 Å². The van der Waals surface area contributed by atoms with E-state index < -0.39 is 0 Å². The van der Waals surface area contributed by atoms with Gasteiger partial charge in [-0.2, -0.15) is 0 Å². The van der Waals surface area contributed by atoms with Gasteiger partial charge in [-0.25, -0.2) is 0 Å². The molecule has 0 bridgehead atoms. The Morgan fingerprint density at radius 2 is 2.00 bits per heavy atom. The number of benzene rings is 1. The molecule has 0 aliphatic rings. The number of aryl methyl sites for hydroxylation is 1. The lowest BCUT2D eigenvalue weighted by Gasteiger charge is -2.06. The zero-order valence-corrected chi connectivity index (χ0v) is 12.6. The molecule has 96 valence electrons. The number of anilines is 1. The monoisotopic (exact) mass is 334 g/mol. The maximum atomic E-state index is 12.2. The Morgan fingerprint density at radius 3 is 2.68 bits per heavy atom. The summed E-state index contributed by atoms with van der Waals surface area (Å²) in [4.78, 5) is 12.2. The first kappa shape index (κ1) is 12.4. The summed E-state index contributed by atoms with van der Waals surface area (Å²) in [7, 11) is 1.90. The van der Waals surface area contributed by atoms with Gasteiger partial charge in [0.05, 0.1) is 14.0 Å². The van der Waals surface area contributed by atoms with Gasteiger partial charge >= 0.3 is 0 Å². The van der Waals surface area contributed by atoms with Crippen molar-refractivity contribution in [3.8, 4) is 0 Å². The molecule has 2 heterocycles. The summed E-state index contributed by atoms with van der Waals surface area (Å²) >= 11 is 5.08. The van der Waals surface area contributed by atoms with E-state index in [4.69, 9.17) is 0 Å². The molecule has 1 N–H and O–H groups in total. The number of nitrogens with one attached hydrogen (secondary N) is 1. The fourth-order valence-corrected chi connectivity index (χ4v) is 3.61. The first-order valence-electron chi connectivity index (χ1n) is 5.76. The van der Waals surface area contributed by atoms with Crippen molar-refractivity contribution in [3.63, 3.8) is 0 Å². The number of amides is 1. The second-order valence-electron chi connectivity index (χ2n) is 4.21. The van der Waals surface area contributed by atoms with E-state index in [1.165, 1.54) is 0 Å². The van der Waals surface area contributed by atoms with Crippen LogP contribution in [-0.2, 0) is 7.05 Å². The van der Waals surface area contributed by atoms with Crippen LogP contribution in [0.15, 0.2) is 46.3 Å². The van der Waals surface area contributed by atoms with Gasteiger partial charge in [0.25, 0.3) is 5.91 Å². The van der Waals surface area contributed by atoms with E-state index in [-0.39, 0.29) is 5.91 Å². The fraction of sp³-hybridized carbons (Fsp3) is 0.0714. The van der Waals surface area contributed by atoms with Gasteiger partial charge in [0.1, 0.15) is 5.69 Å². The Hall–Kier alpha value is -1.59. The van der Waals surface area contributed by atoms with Crippen molar-refractivity contribution in [1.29, 1.82) is 0 Å². The summed E-state index contributed by atoms with van der Waals surface area (Å²) in [6.45, 7) is 0. The van der Waals surface area contributed by atoms with Crippen molar-refractivity contribution in [2.75, 3.05) is 5.32 Å². The number of hydrogen-bond donors (Lipinski definition) is 1. The molecule has 0 radical (unpaired) electrons. The lowest BCUT2D eigenvalue weighted by molar-refractivity contribution is 0.102. The zero-order chi connectivity index (χ0) is 13.4. The number of nitrogens with zero attached hydrogens (tertiary/aromatic N) is 1. The SMILES string of the molecule is Cn1c(C(=O)Nc2ccccc2)cc2sc(Br)cc21. The summed E-state index contributed by atoms with van der Waals surface area (Å²) in [5.41, 5.74) is 2.53. The third kappa shape index (κ3) is 2.31. The highest BCUT2D eigenvalue weighted by Gasteiger charge is 2.15. The van der Waals surface area contributed by atoms with Crippen LogP contribution in [-0.4, -0.2) is 10.5 Å². The summed E-state index contributed by atoms with van der Waals surface area (Å²) < 4.78 is 4.09. The van der Waals surface area contributed by atoms with Gasteiger partial charge in [-0.3, -0.25) is 4.79 Å². The van der Waals surface area contributed by atoms with Crippen LogP contribution in [0.25, 0.3) is 10.2 Å². The molecule has 0 spiro atoms. The molecule has 0 aliphatic carbocycles. The molecule has 0 fully saturated rings. The highest BCUT2D eigenvalue weighted by atomic mass is 79.9. The van der Waals surface area contributed by atoms with Crippen molar-refractivity contribution < 1.29 is 4.79 Å². The van der Waals surface area contributed by atoms with E-state index in [1.54, 1.807) is 11.3 Å². The quantitative estimate of drug-likeness (QED) is 0.746. The van der Waals surface area contributed by atoms with Crippen molar-refractivity contribution in [1.82, 2.24) is 4.57 Å². The maximum Gasteiger partial charge on any atom is 0.272 e. The van der Waals surface area contributed by atoms with E-state index >= 15 is 0 Å². The minimum absolute atomic E-state index is 0.0896. The Labute approximate surface area is 123 Å². The standard InChI is InChI=1S/C14H11BrN2OS/c1-17-10-8-13(15)19-12(10)7-11(17)14(18)16-9-5-3-2-4-6-9/h2-8H,1H3,(H,16,18). The number of hydrogen-bond acceptors (Lipinski definition) is 2. The van der Waals surface area contributed by atoms with Crippen molar-refractivity contribution >= 4 is 49.1 Å². The predicted molar refractivity (Wildman–Crippen MR) is 82.9 cm³/mol. The molecule has 5 heteroatoms. The number of aromatic nitrogens is 1. The molecular weight excluding hydrogens is 324 g/mol. The number of carbonyl (C=O) groups is 1. The molecule has 3 rings (SSSR count). The van der Waals surface area contributed by atoms with Crippen LogP contribution in [0.1, 0.15) is 10.5 Å². The number of thiophene rings is 1. The summed E-state index contributed by atoms with van der Waals surface area (Å²) in [6.07, 6.45) is 0. The number of carbonyl (C=O) groups excluding carboxylic acids is 1. The van der Waals surface area contributed by atoms with Gasteiger partial charge in [-0.1, -0.05) is 18.2 Å². The van der Waals surface area contributed by atoms with E-state index in [0.717, 1.165) is 19.7 Å². The minimum atomic E-state index is -0.0896. The van der Waals surface area contributed by atoms with Crippen LogP contribution in [0.5, 0.6) is 0 Å². The third-order valence-electron chi connectivity index (χ3n) is 2.96. The summed E-state index contributed by atoms with van der Waals surface area (Å²) in [6, 6.07) is 13.4. The van der Waals surface area contributed by atoms with Gasteiger partial charge in [0.2, 0.25) is 0 Å². The molecule has 0 unspecified atom stereocenters. The van der Waals surface area contributed by atoms with Gasteiger partial charge in [0.15, 0.2) is 0 Å². The second kappa shape index (κ2) is 4.83. The first-order chi connectivity index (χ1) is 9.15. The average Bonchev–Trinajstić information content (AvgIpc) is 2.89. The molecule has 1 aromatic carbocycles. The largest absolute Gasteiger partial charge is 0.339 e. The smallest absolute Gasteiger partial charge is 0.272 e. The molecule has 0 saturated heterocycles. The van der Waals surface area contributed by atoms with Crippen molar-refractivity contribution in [2.24, 2.45) is 7.05 Å². The van der Waals surface area contributed by atoms with Crippen molar-refractivity contribution in [2.45, 2.75) is 0 Å². The molecule has 1 amide bonds. The van der Waals surface area contributed by atoms with Crippen LogP contribution in [0, 0.1) is 0 Å². The topological polar surface area (TPSA) is 34.0 Å². The lowest BCUT2D eigenvalue weighted by Crippen LogP contribution is -2.15. The van der Waals surface area contributed by atoms with Gasteiger partial charge in [-0.15, -0.1) is 11.3 Å². The molecule has 0 saturated carbocycles. The second-order valence-corrected chi connectivity index (χ2v) is 6.67.